The Morgan fingerprint density at radius 1 is 1.33 bits per heavy atom. The van der Waals surface area contributed by atoms with E-state index >= 15 is 0 Å². The van der Waals surface area contributed by atoms with Crippen molar-refractivity contribution in [1.82, 2.24) is 9.97 Å². The number of hydrogen-bond acceptors (Lipinski definition) is 3. The summed E-state index contributed by atoms with van der Waals surface area (Å²) < 4.78 is 0. The molecule has 74 valence electrons. The first-order valence-corrected chi connectivity index (χ1v) is 5.48. The lowest BCUT2D eigenvalue weighted by molar-refractivity contribution is 1.23. The second kappa shape index (κ2) is 4.28. The predicted octanol–water partition coefficient (Wildman–Crippen LogP) is 1.96. The number of hydrogen-bond donors (Lipinski definition) is 1. The van der Waals surface area contributed by atoms with E-state index in [4.69, 9.17) is 5.73 Å². The predicted molar refractivity (Wildman–Crippen MR) is 64.6 cm³/mol. The minimum Gasteiger partial charge on any atom is -0.383 e. The number of rotatable bonds is 0. The van der Waals surface area contributed by atoms with Crippen LogP contribution in [0.4, 0.5) is 5.82 Å². The van der Waals surface area contributed by atoms with Crippen molar-refractivity contribution in [2.24, 2.45) is 0 Å². The maximum Gasteiger partial charge on any atom is 0.134 e. The van der Waals surface area contributed by atoms with E-state index in [-0.39, 0.29) is 0 Å². The van der Waals surface area contributed by atoms with Gasteiger partial charge in [-0.2, -0.15) is 0 Å². The van der Waals surface area contributed by atoms with Gasteiger partial charge in [0.25, 0.3) is 0 Å². The summed E-state index contributed by atoms with van der Waals surface area (Å²) in [5, 5.41) is 1.50. The number of benzene rings is 1. The Hall–Kier alpha value is -1.60. The van der Waals surface area contributed by atoms with Crippen LogP contribution in [0.3, 0.4) is 0 Å². The van der Waals surface area contributed by atoms with Crippen molar-refractivity contribution in [3.05, 3.63) is 30.1 Å². The Balaban J connectivity index is 2.59. The SMILES string of the molecule is Nc1ncnc2ccc(C#CCBr)cc12. The fourth-order valence-electron chi connectivity index (χ4n) is 1.29. The molecule has 0 aliphatic carbocycles. The standard InChI is InChI=1S/C11H8BrN3/c12-5-1-2-8-3-4-10-9(6-8)11(13)15-7-14-10/h3-4,6-7H,5H2,(H2,13,14,15). The van der Waals surface area contributed by atoms with E-state index < -0.39 is 0 Å². The van der Waals surface area contributed by atoms with Gasteiger partial charge in [0, 0.05) is 10.9 Å². The van der Waals surface area contributed by atoms with Crippen molar-refractivity contribution < 1.29 is 0 Å². The van der Waals surface area contributed by atoms with Gasteiger partial charge in [0.2, 0.25) is 0 Å². The van der Waals surface area contributed by atoms with Gasteiger partial charge in [0.1, 0.15) is 12.1 Å². The molecule has 1 aromatic carbocycles. The van der Waals surface area contributed by atoms with Crippen molar-refractivity contribution in [3.63, 3.8) is 0 Å². The van der Waals surface area contributed by atoms with Crippen LogP contribution in [-0.2, 0) is 0 Å². The van der Waals surface area contributed by atoms with Gasteiger partial charge in [-0.05, 0) is 18.2 Å². The third kappa shape index (κ3) is 2.08. The number of nitrogens with zero attached hydrogens (tertiary/aromatic N) is 2. The summed E-state index contributed by atoms with van der Waals surface area (Å²) in [6.07, 6.45) is 1.46. The molecule has 0 amide bonds. The Kier molecular flexibility index (Phi) is 2.84. The number of halogens is 1. The summed E-state index contributed by atoms with van der Waals surface area (Å²) in [5.41, 5.74) is 7.50. The van der Waals surface area contributed by atoms with Crippen LogP contribution < -0.4 is 5.73 Å². The van der Waals surface area contributed by atoms with Crippen LogP contribution in [0.5, 0.6) is 0 Å². The first-order valence-electron chi connectivity index (χ1n) is 4.36. The summed E-state index contributed by atoms with van der Waals surface area (Å²) in [6.45, 7) is 0. The second-order valence-corrected chi connectivity index (χ2v) is 3.49. The first-order chi connectivity index (χ1) is 7.31. The molecular formula is C11H8BrN3. The first kappa shape index (κ1) is 9.94. The van der Waals surface area contributed by atoms with E-state index in [0.29, 0.717) is 11.1 Å². The normalized spacial score (nSPS) is 9.67. The second-order valence-electron chi connectivity index (χ2n) is 2.93. The third-order valence-corrected chi connectivity index (χ3v) is 2.25. The maximum absolute atomic E-state index is 5.75. The average Bonchev–Trinajstić information content (AvgIpc) is 2.27. The van der Waals surface area contributed by atoms with Crippen molar-refractivity contribution in [1.29, 1.82) is 0 Å². The van der Waals surface area contributed by atoms with Gasteiger partial charge in [-0.1, -0.05) is 27.8 Å². The van der Waals surface area contributed by atoms with Crippen LogP contribution in [0.25, 0.3) is 10.9 Å². The lowest BCUT2D eigenvalue weighted by Gasteiger charge is -1.99. The van der Waals surface area contributed by atoms with Gasteiger partial charge in [-0.15, -0.1) is 0 Å². The molecule has 0 bridgehead atoms. The van der Waals surface area contributed by atoms with Gasteiger partial charge in [-0.25, -0.2) is 9.97 Å². The van der Waals surface area contributed by atoms with E-state index in [1.54, 1.807) is 0 Å². The minimum absolute atomic E-state index is 0.488. The molecule has 1 heterocycles. The molecule has 1 aromatic heterocycles. The molecule has 2 aromatic rings. The van der Waals surface area contributed by atoms with Crippen LogP contribution in [0, 0.1) is 11.8 Å². The molecule has 0 fully saturated rings. The zero-order valence-electron chi connectivity index (χ0n) is 7.87. The molecule has 3 nitrogen and oxygen atoms in total. The van der Waals surface area contributed by atoms with Crippen LogP contribution in [0.2, 0.25) is 0 Å². The summed E-state index contributed by atoms with van der Waals surface area (Å²) in [7, 11) is 0. The van der Waals surface area contributed by atoms with Gasteiger partial charge in [-0.3, -0.25) is 0 Å². The van der Waals surface area contributed by atoms with Gasteiger partial charge < -0.3 is 5.73 Å². The quantitative estimate of drug-likeness (QED) is 0.583. The molecular weight excluding hydrogens is 254 g/mol. The number of alkyl halides is 1. The number of fused-ring (bicyclic) bond motifs is 1. The van der Waals surface area contributed by atoms with E-state index in [1.807, 2.05) is 18.2 Å². The number of nitrogens with two attached hydrogens (primary N) is 1. The Morgan fingerprint density at radius 2 is 2.20 bits per heavy atom. The molecule has 0 unspecified atom stereocenters. The molecule has 2 rings (SSSR count). The highest BCUT2D eigenvalue weighted by Gasteiger charge is 1.99. The van der Waals surface area contributed by atoms with Crippen molar-refractivity contribution in [2.45, 2.75) is 0 Å². The zero-order chi connectivity index (χ0) is 10.7. The highest BCUT2D eigenvalue weighted by molar-refractivity contribution is 9.09. The largest absolute Gasteiger partial charge is 0.383 e. The molecule has 0 saturated heterocycles. The van der Waals surface area contributed by atoms with E-state index in [1.165, 1.54) is 6.33 Å². The topological polar surface area (TPSA) is 51.8 Å². The molecule has 0 radical (unpaired) electrons. The summed E-state index contributed by atoms with van der Waals surface area (Å²) in [4.78, 5) is 8.05. The van der Waals surface area contributed by atoms with Gasteiger partial charge >= 0.3 is 0 Å². The molecule has 0 saturated carbocycles. The average molecular weight is 262 g/mol. The molecule has 0 aliphatic heterocycles. The molecule has 15 heavy (non-hydrogen) atoms. The van der Waals surface area contributed by atoms with Crippen LogP contribution in [0.1, 0.15) is 5.56 Å². The summed E-state index contributed by atoms with van der Waals surface area (Å²) in [5.74, 6) is 6.43. The Bertz CT molecular complexity index is 554. The molecule has 2 N–H and O–H groups in total. The maximum atomic E-state index is 5.75. The van der Waals surface area contributed by atoms with Crippen molar-refractivity contribution in [3.8, 4) is 11.8 Å². The Morgan fingerprint density at radius 3 is 3.00 bits per heavy atom. The Labute approximate surface area is 95.9 Å². The van der Waals surface area contributed by atoms with Gasteiger partial charge in [0.15, 0.2) is 0 Å². The number of aromatic nitrogens is 2. The van der Waals surface area contributed by atoms with Crippen molar-refractivity contribution >= 4 is 32.7 Å². The smallest absolute Gasteiger partial charge is 0.134 e. The minimum atomic E-state index is 0.488. The third-order valence-electron chi connectivity index (χ3n) is 1.97. The van der Waals surface area contributed by atoms with Crippen LogP contribution in [-0.4, -0.2) is 15.3 Å². The van der Waals surface area contributed by atoms with E-state index in [9.17, 15) is 0 Å². The number of anilines is 1. The molecule has 4 heteroatoms. The molecule has 0 atom stereocenters. The highest BCUT2D eigenvalue weighted by Crippen LogP contribution is 2.17. The van der Waals surface area contributed by atoms with Crippen molar-refractivity contribution in [2.75, 3.05) is 11.1 Å². The zero-order valence-corrected chi connectivity index (χ0v) is 9.45. The molecule has 0 aliphatic rings. The number of nitrogen functional groups attached to an aromatic ring is 1. The lowest BCUT2D eigenvalue weighted by Crippen LogP contribution is -1.93. The van der Waals surface area contributed by atoms with E-state index in [0.717, 1.165) is 16.5 Å². The van der Waals surface area contributed by atoms with Gasteiger partial charge in [0.05, 0.1) is 10.8 Å². The summed E-state index contributed by atoms with van der Waals surface area (Å²) >= 11 is 3.25. The van der Waals surface area contributed by atoms with Crippen LogP contribution in [0.15, 0.2) is 24.5 Å². The van der Waals surface area contributed by atoms with Crippen LogP contribution >= 0.6 is 15.9 Å². The fraction of sp³-hybridized carbons (Fsp3) is 0.0909. The lowest BCUT2D eigenvalue weighted by atomic mass is 10.1. The highest BCUT2D eigenvalue weighted by atomic mass is 79.9. The van der Waals surface area contributed by atoms with E-state index in [2.05, 4.69) is 37.7 Å². The fourth-order valence-corrected chi connectivity index (χ4v) is 1.43. The molecule has 0 spiro atoms. The monoisotopic (exact) mass is 261 g/mol. The summed E-state index contributed by atoms with van der Waals surface area (Å²) in [6, 6.07) is 5.72.